The number of nitrogens with one attached hydrogen (secondary N) is 2. The minimum absolute atomic E-state index is 0.320. The summed E-state index contributed by atoms with van der Waals surface area (Å²) in [5, 5.41) is 5.45. The van der Waals surface area contributed by atoms with Crippen LogP contribution in [0.15, 0.2) is 78.9 Å². The molecule has 2 heterocycles. The van der Waals surface area contributed by atoms with Crippen LogP contribution in [0.2, 0.25) is 0 Å². The third kappa shape index (κ3) is 6.11. The molecule has 0 saturated heterocycles. The molecule has 0 spiro atoms. The third-order valence-corrected chi connectivity index (χ3v) is 4.24. The molecule has 8 heteroatoms. The zero-order valence-electron chi connectivity index (χ0n) is 14.3. The van der Waals surface area contributed by atoms with E-state index in [0.29, 0.717) is 32.2 Å². The van der Waals surface area contributed by atoms with Crippen molar-refractivity contribution in [3.8, 4) is 0 Å². The molecule has 2 aromatic heterocycles. The van der Waals surface area contributed by atoms with Crippen LogP contribution in [-0.2, 0) is 9.59 Å². The van der Waals surface area contributed by atoms with Gasteiger partial charge in [-0.25, -0.2) is 0 Å². The summed E-state index contributed by atoms with van der Waals surface area (Å²) in [6.07, 6.45) is 5.84. The smallest absolute Gasteiger partial charge is 0.248 e. The van der Waals surface area contributed by atoms with Gasteiger partial charge < -0.3 is 19.5 Å². The second-order valence-corrected chi connectivity index (χ2v) is 7.07. The summed E-state index contributed by atoms with van der Waals surface area (Å²) < 4.78 is 11.8. The van der Waals surface area contributed by atoms with Crippen molar-refractivity contribution in [2.75, 3.05) is 10.6 Å². The summed E-state index contributed by atoms with van der Waals surface area (Å²) >= 11 is 6.40. The Morgan fingerprint density at radius 1 is 0.750 bits per heavy atom. The molecule has 0 unspecified atom stereocenters. The van der Waals surface area contributed by atoms with Crippen molar-refractivity contribution in [1.82, 2.24) is 0 Å². The second-order valence-electron chi connectivity index (χ2n) is 5.51. The average Bonchev–Trinajstić information content (AvgIpc) is 3.26. The van der Waals surface area contributed by atoms with Crippen molar-refractivity contribution in [2.24, 2.45) is 0 Å². The van der Waals surface area contributed by atoms with Crippen molar-refractivity contribution in [3.63, 3.8) is 0 Å². The van der Waals surface area contributed by atoms with E-state index in [1.807, 2.05) is 0 Å². The topological polar surface area (TPSA) is 84.5 Å². The lowest BCUT2D eigenvalue weighted by molar-refractivity contribution is -0.112. The van der Waals surface area contributed by atoms with Gasteiger partial charge in [-0.05, 0) is 86.5 Å². The third-order valence-electron chi connectivity index (χ3n) is 3.38. The van der Waals surface area contributed by atoms with Crippen molar-refractivity contribution >= 4 is 67.2 Å². The van der Waals surface area contributed by atoms with E-state index in [4.69, 9.17) is 8.83 Å². The van der Waals surface area contributed by atoms with Gasteiger partial charge in [-0.1, -0.05) is 6.07 Å². The van der Waals surface area contributed by atoms with Gasteiger partial charge in [0.2, 0.25) is 11.8 Å². The van der Waals surface area contributed by atoms with E-state index in [1.54, 1.807) is 60.7 Å². The largest absolute Gasteiger partial charge is 0.450 e. The standard InChI is InChI=1S/C20H14Br2N2O4/c21-17-8-4-15(27-17)6-10-19(25)23-13-2-1-3-14(12-13)24-20(26)11-7-16-5-9-18(22)28-16/h1-12H,(H,23,25)(H,24,26)/b10-6+,11-7+. The molecule has 0 atom stereocenters. The van der Waals surface area contributed by atoms with Gasteiger partial charge in [0.1, 0.15) is 11.5 Å². The van der Waals surface area contributed by atoms with Crippen LogP contribution in [0.4, 0.5) is 11.4 Å². The summed E-state index contributed by atoms with van der Waals surface area (Å²) in [5.41, 5.74) is 1.10. The van der Waals surface area contributed by atoms with Gasteiger partial charge in [0, 0.05) is 23.5 Å². The average molecular weight is 506 g/mol. The lowest BCUT2D eigenvalue weighted by Gasteiger charge is -2.06. The Morgan fingerprint density at radius 2 is 1.21 bits per heavy atom. The number of furan rings is 2. The molecule has 0 saturated carbocycles. The highest BCUT2D eigenvalue weighted by atomic mass is 79.9. The number of carbonyl (C=O) groups excluding carboxylic acids is 2. The Morgan fingerprint density at radius 3 is 1.61 bits per heavy atom. The Balaban J connectivity index is 1.57. The molecule has 2 N–H and O–H groups in total. The van der Waals surface area contributed by atoms with Crippen molar-refractivity contribution in [1.29, 1.82) is 0 Å². The summed E-state index contributed by atoms with van der Waals surface area (Å²) in [7, 11) is 0. The van der Waals surface area contributed by atoms with E-state index in [1.165, 1.54) is 12.2 Å². The van der Waals surface area contributed by atoms with E-state index in [2.05, 4.69) is 42.5 Å². The van der Waals surface area contributed by atoms with Crippen LogP contribution >= 0.6 is 31.9 Å². The van der Waals surface area contributed by atoms with Crippen molar-refractivity contribution in [3.05, 3.63) is 81.5 Å². The van der Waals surface area contributed by atoms with Gasteiger partial charge in [-0.2, -0.15) is 0 Å². The number of benzene rings is 1. The van der Waals surface area contributed by atoms with E-state index in [0.717, 1.165) is 0 Å². The maximum absolute atomic E-state index is 12.0. The van der Waals surface area contributed by atoms with Gasteiger partial charge in [0.05, 0.1) is 0 Å². The molecule has 0 aliphatic carbocycles. The predicted molar refractivity (Wildman–Crippen MR) is 115 cm³/mol. The Labute approximate surface area is 177 Å². The number of hydrogen-bond acceptors (Lipinski definition) is 4. The number of halogens is 2. The lowest BCUT2D eigenvalue weighted by Crippen LogP contribution is -2.10. The summed E-state index contributed by atoms with van der Waals surface area (Å²) in [6, 6.07) is 13.8. The summed E-state index contributed by atoms with van der Waals surface area (Å²) in [5.74, 6) is 0.468. The van der Waals surface area contributed by atoms with Gasteiger partial charge in [0.15, 0.2) is 9.34 Å². The van der Waals surface area contributed by atoms with Crippen LogP contribution in [0.3, 0.4) is 0 Å². The minimum atomic E-state index is -0.320. The number of hydrogen-bond donors (Lipinski definition) is 2. The molecular weight excluding hydrogens is 492 g/mol. The molecule has 1 aromatic carbocycles. The summed E-state index contributed by atoms with van der Waals surface area (Å²) in [4.78, 5) is 24.0. The van der Waals surface area contributed by atoms with Crippen LogP contribution in [0, 0.1) is 0 Å². The zero-order chi connectivity index (χ0) is 19.9. The molecule has 142 valence electrons. The molecule has 2 amide bonds. The fraction of sp³-hybridized carbons (Fsp3) is 0. The van der Waals surface area contributed by atoms with Gasteiger partial charge in [-0.15, -0.1) is 0 Å². The molecular formula is C20H14Br2N2O4. The molecule has 28 heavy (non-hydrogen) atoms. The van der Waals surface area contributed by atoms with Crippen molar-refractivity contribution in [2.45, 2.75) is 0 Å². The lowest BCUT2D eigenvalue weighted by atomic mass is 10.2. The fourth-order valence-electron chi connectivity index (χ4n) is 2.19. The van der Waals surface area contributed by atoms with E-state index >= 15 is 0 Å². The molecule has 0 aliphatic heterocycles. The highest BCUT2D eigenvalue weighted by molar-refractivity contribution is 9.10. The van der Waals surface area contributed by atoms with Crippen LogP contribution < -0.4 is 10.6 Å². The molecule has 3 aromatic rings. The first-order valence-corrected chi connectivity index (χ1v) is 9.65. The Bertz CT molecular complexity index is 970. The maximum Gasteiger partial charge on any atom is 0.248 e. The molecule has 0 bridgehead atoms. The molecule has 3 rings (SSSR count). The van der Waals surface area contributed by atoms with Gasteiger partial charge in [-0.3, -0.25) is 9.59 Å². The van der Waals surface area contributed by atoms with Crippen molar-refractivity contribution < 1.29 is 18.4 Å². The second kappa shape index (κ2) is 9.38. The minimum Gasteiger partial charge on any atom is -0.450 e. The fourth-order valence-corrected chi connectivity index (χ4v) is 2.83. The normalized spacial score (nSPS) is 11.2. The number of rotatable bonds is 6. The number of amides is 2. The van der Waals surface area contributed by atoms with Crippen LogP contribution in [0.5, 0.6) is 0 Å². The van der Waals surface area contributed by atoms with Crippen LogP contribution in [0.25, 0.3) is 12.2 Å². The quantitative estimate of drug-likeness (QED) is 0.421. The molecule has 0 radical (unpaired) electrons. The first-order chi connectivity index (χ1) is 13.5. The monoisotopic (exact) mass is 504 g/mol. The van der Waals surface area contributed by atoms with Crippen LogP contribution in [-0.4, -0.2) is 11.8 Å². The van der Waals surface area contributed by atoms with Gasteiger partial charge in [0.25, 0.3) is 0 Å². The Kier molecular flexibility index (Phi) is 6.67. The highest BCUT2D eigenvalue weighted by Crippen LogP contribution is 2.18. The predicted octanol–water partition coefficient (Wildman–Crippen LogP) is 5.70. The van der Waals surface area contributed by atoms with Crippen LogP contribution in [0.1, 0.15) is 11.5 Å². The number of carbonyl (C=O) groups is 2. The zero-order valence-corrected chi connectivity index (χ0v) is 17.5. The van der Waals surface area contributed by atoms with E-state index in [-0.39, 0.29) is 11.8 Å². The molecule has 6 nitrogen and oxygen atoms in total. The summed E-state index contributed by atoms with van der Waals surface area (Å²) in [6.45, 7) is 0. The first kappa shape index (κ1) is 19.9. The molecule has 0 aliphatic rings. The first-order valence-electron chi connectivity index (χ1n) is 8.07. The maximum atomic E-state index is 12.0. The Hall–Kier alpha value is -2.84. The number of anilines is 2. The van der Waals surface area contributed by atoms with Gasteiger partial charge >= 0.3 is 0 Å². The van der Waals surface area contributed by atoms with E-state index < -0.39 is 0 Å². The molecule has 0 fully saturated rings. The van der Waals surface area contributed by atoms with E-state index in [9.17, 15) is 9.59 Å². The highest BCUT2D eigenvalue weighted by Gasteiger charge is 2.03. The SMILES string of the molecule is O=C(/C=C/c1ccc(Br)o1)Nc1cccc(NC(=O)/C=C/c2ccc(Br)o2)c1.